The van der Waals surface area contributed by atoms with Gasteiger partial charge in [-0.05, 0) is 35.9 Å². The molecule has 100 valence electrons. The molecule has 0 bridgehead atoms. The minimum Gasteiger partial charge on any atom is -0.374 e. The fourth-order valence-corrected chi connectivity index (χ4v) is 2.46. The minimum absolute atomic E-state index is 0.556. The molecular formula is C15H18BrN3. The van der Waals surface area contributed by atoms with Gasteiger partial charge in [0.15, 0.2) is 0 Å². The van der Waals surface area contributed by atoms with Crippen LogP contribution in [-0.2, 0) is 13.0 Å². The van der Waals surface area contributed by atoms with Crippen LogP contribution in [0.5, 0.6) is 0 Å². The predicted octanol–water partition coefficient (Wildman–Crippen LogP) is 2.98. The molecule has 4 heteroatoms. The Morgan fingerprint density at radius 2 is 2.11 bits per heavy atom. The normalized spacial score (nSPS) is 10.5. The van der Waals surface area contributed by atoms with Crippen molar-refractivity contribution in [3.05, 3.63) is 58.3 Å². The summed E-state index contributed by atoms with van der Waals surface area (Å²) in [4.78, 5) is 6.56. The number of aromatic nitrogens is 1. The lowest BCUT2D eigenvalue weighted by Gasteiger charge is -2.20. The number of likely N-dealkylation sites (N-methyl/N-ethyl adjacent to an activating group) is 1. The summed E-state index contributed by atoms with van der Waals surface area (Å²) in [5, 5.41) is 0. The van der Waals surface area contributed by atoms with Gasteiger partial charge in [0.25, 0.3) is 0 Å². The number of nitrogens with zero attached hydrogens (tertiary/aromatic N) is 2. The molecule has 0 aliphatic rings. The summed E-state index contributed by atoms with van der Waals surface area (Å²) in [7, 11) is 2.09. The van der Waals surface area contributed by atoms with Gasteiger partial charge >= 0.3 is 0 Å². The summed E-state index contributed by atoms with van der Waals surface area (Å²) >= 11 is 3.52. The lowest BCUT2D eigenvalue weighted by Crippen LogP contribution is -2.21. The van der Waals surface area contributed by atoms with Crippen molar-refractivity contribution in [2.75, 3.05) is 18.5 Å². The van der Waals surface area contributed by atoms with Crippen LogP contribution in [0.3, 0.4) is 0 Å². The van der Waals surface area contributed by atoms with Gasteiger partial charge in [-0.3, -0.25) is 4.98 Å². The molecular weight excluding hydrogens is 302 g/mol. The van der Waals surface area contributed by atoms with Crippen molar-refractivity contribution in [1.82, 2.24) is 4.98 Å². The van der Waals surface area contributed by atoms with Gasteiger partial charge in [0.05, 0.1) is 0 Å². The van der Waals surface area contributed by atoms with Crippen LogP contribution < -0.4 is 10.6 Å². The Morgan fingerprint density at radius 1 is 1.26 bits per heavy atom. The summed E-state index contributed by atoms with van der Waals surface area (Å²) in [6, 6.07) is 12.3. The molecule has 0 aliphatic carbocycles. The third kappa shape index (κ3) is 4.04. The second-order valence-electron chi connectivity index (χ2n) is 4.51. The van der Waals surface area contributed by atoms with Gasteiger partial charge in [-0.15, -0.1) is 0 Å². The van der Waals surface area contributed by atoms with E-state index in [4.69, 9.17) is 5.73 Å². The van der Waals surface area contributed by atoms with Crippen LogP contribution >= 0.6 is 15.9 Å². The van der Waals surface area contributed by atoms with Crippen molar-refractivity contribution >= 4 is 21.6 Å². The molecule has 0 aliphatic heterocycles. The van der Waals surface area contributed by atoms with Crippen molar-refractivity contribution in [1.29, 1.82) is 0 Å². The average molecular weight is 320 g/mol. The van der Waals surface area contributed by atoms with Crippen molar-refractivity contribution in [3.63, 3.8) is 0 Å². The van der Waals surface area contributed by atoms with Crippen molar-refractivity contribution < 1.29 is 0 Å². The number of pyridine rings is 1. The van der Waals surface area contributed by atoms with E-state index in [1.165, 1.54) is 5.69 Å². The largest absolute Gasteiger partial charge is 0.374 e. The lowest BCUT2D eigenvalue weighted by atomic mass is 10.2. The van der Waals surface area contributed by atoms with E-state index >= 15 is 0 Å². The Kier molecular flexibility index (Phi) is 4.93. The summed E-state index contributed by atoms with van der Waals surface area (Å²) in [6.45, 7) is 1.48. The molecule has 0 spiro atoms. The number of benzene rings is 1. The van der Waals surface area contributed by atoms with E-state index in [0.29, 0.717) is 6.54 Å². The zero-order valence-electron chi connectivity index (χ0n) is 11.0. The molecule has 3 nitrogen and oxygen atoms in total. The van der Waals surface area contributed by atoms with Crippen LogP contribution in [0.15, 0.2) is 47.1 Å². The maximum absolute atomic E-state index is 5.70. The fourth-order valence-electron chi connectivity index (χ4n) is 1.93. The third-order valence-electron chi connectivity index (χ3n) is 3.05. The fraction of sp³-hybridized carbons (Fsp3) is 0.267. The van der Waals surface area contributed by atoms with Gasteiger partial charge in [-0.1, -0.05) is 22.0 Å². The van der Waals surface area contributed by atoms with E-state index in [1.807, 2.05) is 18.3 Å². The molecule has 1 aromatic heterocycles. The molecule has 0 amide bonds. The number of anilines is 1. The van der Waals surface area contributed by atoms with Gasteiger partial charge in [0.1, 0.15) is 0 Å². The minimum atomic E-state index is 0.556. The molecule has 2 rings (SSSR count). The van der Waals surface area contributed by atoms with Crippen LogP contribution in [0.4, 0.5) is 5.69 Å². The van der Waals surface area contributed by atoms with Crippen LogP contribution in [0.2, 0.25) is 0 Å². The molecule has 1 aromatic carbocycles. The smallest absolute Gasteiger partial charge is 0.0421 e. The summed E-state index contributed by atoms with van der Waals surface area (Å²) < 4.78 is 1.06. The molecule has 0 fully saturated rings. The number of halogens is 1. The maximum Gasteiger partial charge on any atom is 0.0421 e. The monoisotopic (exact) mass is 319 g/mol. The summed E-state index contributed by atoms with van der Waals surface area (Å²) in [5.41, 5.74) is 9.12. The van der Waals surface area contributed by atoms with Crippen LogP contribution in [0, 0.1) is 0 Å². The second kappa shape index (κ2) is 6.68. The highest BCUT2D eigenvalue weighted by Crippen LogP contribution is 2.22. The Balaban J connectivity index is 2.03. The van der Waals surface area contributed by atoms with Crippen molar-refractivity contribution in [2.24, 2.45) is 5.73 Å². The standard InChI is InChI=1S/C15H18BrN3/c1-19(7-5-14-4-2-3-6-18-14)15-9-12(11-17)8-13(16)10-15/h2-4,6,8-10H,5,7,11,17H2,1H3. The highest BCUT2D eigenvalue weighted by atomic mass is 79.9. The third-order valence-corrected chi connectivity index (χ3v) is 3.51. The van der Waals surface area contributed by atoms with Crippen molar-refractivity contribution in [3.8, 4) is 0 Å². The first-order valence-corrected chi connectivity index (χ1v) is 7.09. The quantitative estimate of drug-likeness (QED) is 0.921. The molecule has 2 N–H and O–H groups in total. The summed E-state index contributed by atoms with van der Waals surface area (Å²) in [6.07, 6.45) is 2.77. The Morgan fingerprint density at radius 3 is 2.79 bits per heavy atom. The summed E-state index contributed by atoms with van der Waals surface area (Å²) in [5.74, 6) is 0. The number of rotatable bonds is 5. The zero-order valence-corrected chi connectivity index (χ0v) is 12.6. The van der Waals surface area contributed by atoms with Gasteiger partial charge in [0, 0.05) is 48.6 Å². The van der Waals surface area contributed by atoms with Gasteiger partial charge in [0.2, 0.25) is 0 Å². The zero-order chi connectivity index (χ0) is 13.7. The Labute approximate surface area is 122 Å². The van der Waals surface area contributed by atoms with Crippen LogP contribution in [0.25, 0.3) is 0 Å². The molecule has 0 atom stereocenters. The van der Waals surface area contributed by atoms with E-state index < -0.39 is 0 Å². The molecule has 1 heterocycles. The van der Waals surface area contributed by atoms with E-state index in [1.54, 1.807) is 0 Å². The average Bonchev–Trinajstić information content (AvgIpc) is 2.45. The van der Waals surface area contributed by atoms with E-state index in [0.717, 1.165) is 28.7 Å². The van der Waals surface area contributed by atoms with Gasteiger partial charge in [-0.2, -0.15) is 0 Å². The highest BCUT2D eigenvalue weighted by Gasteiger charge is 2.04. The molecule has 2 aromatic rings. The lowest BCUT2D eigenvalue weighted by molar-refractivity contribution is 0.851. The first-order valence-electron chi connectivity index (χ1n) is 6.29. The van der Waals surface area contributed by atoms with E-state index in [9.17, 15) is 0 Å². The predicted molar refractivity (Wildman–Crippen MR) is 83.2 cm³/mol. The number of nitrogens with two attached hydrogens (primary N) is 1. The molecule has 0 saturated heterocycles. The molecule has 19 heavy (non-hydrogen) atoms. The maximum atomic E-state index is 5.70. The molecule has 0 radical (unpaired) electrons. The van der Waals surface area contributed by atoms with Crippen LogP contribution in [0.1, 0.15) is 11.3 Å². The first-order chi connectivity index (χ1) is 9.19. The van der Waals surface area contributed by atoms with E-state index in [-0.39, 0.29) is 0 Å². The van der Waals surface area contributed by atoms with Crippen LogP contribution in [-0.4, -0.2) is 18.6 Å². The van der Waals surface area contributed by atoms with E-state index in [2.05, 4.69) is 57.1 Å². The van der Waals surface area contributed by atoms with Crippen molar-refractivity contribution in [2.45, 2.75) is 13.0 Å². The highest BCUT2D eigenvalue weighted by molar-refractivity contribution is 9.10. The Hall–Kier alpha value is -1.39. The Bertz CT molecular complexity index is 528. The second-order valence-corrected chi connectivity index (χ2v) is 5.43. The number of hydrogen-bond acceptors (Lipinski definition) is 3. The molecule has 0 unspecified atom stereocenters. The SMILES string of the molecule is CN(CCc1ccccn1)c1cc(Br)cc(CN)c1. The molecule has 0 saturated carbocycles. The number of hydrogen-bond donors (Lipinski definition) is 1. The van der Waals surface area contributed by atoms with Gasteiger partial charge in [-0.25, -0.2) is 0 Å². The first kappa shape index (κ1) is 14.0. The van der Waals surface area contributed by atoms with Gasteiger partial charge < -0.3 is 10.6 Å². The topological polar surface area (TPSA) is 42.2 Å².